The Morgan fingerprint density at radius 1 is 0.326 bits per heavy atom. The molecule has 0 fully saturated rings. The van der Waals surface area contributed by atoms with Crippen molar-refractivity contribution < 1.29 is 4.74 Å². The first-order chi connectivity index (χ1) is 22.8. The summed E-state index contributed by atoms with van der Waals surface area (Å²) in [5.41, 5.74) is 7.32. The van der Waals surface area contributed by atoms with Gasteiger partial charge in [0.1, 0.15) is 11.5 Å². The van der Waals surface area contributed by atoms with Crippen LogP contribution < -0.4 is 4.74 Å². The molecule has 1 aliphatic heterocycles. The predicted octanol–water partition coefficient (Wildman–Crippen LogP) is 13.1. The van der Waals surface area contributed by atoms with Gasteiger partial charge < -0.3 is 4.74 Å². The third-order valence-electron chi connectivity index (χ3n) is 9.52. The predicted molar refractivity (Wildman–Crippen MR) is 196 cm³/mol. The third-order valence-corrected chi connectivity index (χ3v) is 10.7. The lowest BCUT2D eigenvalue weighted by Crippen LogP contribution is -1.97. The molecule has 1 aromatic heterocycles. The van der Waals surface area contributed by atoms with Crippen LogP contribution in [0.3, 0.4) is 0 Å². The number of rotatable bonds is 3. The first kappa shape index (κ1) is 25.6. The van der Waals surface area contributed by atoms with Crippen molar-refractivity contribution >= 4 is 54.4 Å². The van der Waals surface area contributed by atoms with Crippen molar-refractivity contribution in [3.63, 3.8) is 0 Å². The molecule has 0 radical (unpaired) electrons. The lowest BCUT2D eigenvalue weighted by atomic mass is 9.92. The number of benzene rings is 8. The van der Waals surface area contributed by atoms with E-state index in [4.69, 9.17) is 4.74 Å². The van der Waals surface area contributed by atoms with Crippen molar-refractivity contribution in [1.29, 1.82) is 0 Å². The number of para-hydroxylation sites is 1. The molecule has 9 aromatic rings. The van der Waals surface area contributed by atoms with E-state index >= 15 is 0 Å². The maximum Gasteiger partial charge on any atom is 0.135 e. The summed E-state index contributed by atoms with van der Waals surface area (Å²) in [6, 6.07) is 57.2. The van der Waals surface area contributed by atoms with E-state index < -0.39 is 0 Å². The van der Waals surface area contributed by atoms with E-state index in [2.05, 4.69) is 146 Å². The number of hydrogen-bond donors (Lipinski definition) is 0. The minimum Gasteiger partial charge on any atom is -0.456 e. The lowest BCUT2D eigenvalue weighted by molar-refractivity contribution is 0.487. The molecule has 2 heterocycles. The Hall–Kier alpha value is -5.70. The molecule has 1 nitrogen and oxygen atoms in total. The van der Waals surface area contributed by atoms with Crippen LogP contribution in [0.2, 0.25) is 0 Å². The molecule has 1 aliphatic rings. The molecule has 46 heavy (non-hydrogen) atoms. The zero-order valence-corrected chi connectivity index (χ0v) is 25.6. The second-order valence-corrected chi connectivity index (χ2v) is 13.1. The van der Waals surface area contributed by atoms with Crippen molar-refractivity contribution in [2.75, 3.05) is 0 Å². The zero-order valence-electron chi connectivity index (χ0n) is 24.8. The van der Waals surface area contributed by atoms with Gasteiger partial charge in [-0.3, -0.25) is 0 Å². The van der Waals surface area contributed by atoms with Gasteiger partial charge in [0.25, 0.3) is 0 Å². The smallest absolute Gasteiger partial charge is 0.135 e. The Morgan fingerprint density at radius 2 is 0.913 bits per heavy atom. The van der Waals surface area contributed by atoms with E-state index in [0.717, 1.165) is 17.1 Å². The molecule has 0 aliphatic carbocycles. The molecule has 0 spiro atoms. The summed E-state index contributed by atoms with van der Waals surface area (Å²) >= 11 is 1.84. The number of thiophene rings is 1. The molecule has 0 atom stereocenters. The van der Waals surface area contributed by atoms with Crippen LogP contribution in [-0.4, -0.2) is 0 Å². The van der Waals surface area contributed by atoms with Crippen molar-refractivity contribution in [1.82, 2.24) is 0 Å². The van der Waals surface area contributed by atoms with E-state index in [1.807, 2.05) is 23.5 Å². The summed E-state index contributed by atoms with van der Waals surface area (Å²) < 4.78 is 6.33. The highest BCUT2D eigenvalue weighted by atomic mass is 32.1. The van der Waals surface area contributed by atoms with Crippen LogP contribution in [0, 0.1) is 0 Å². The number of hydrogen-bond acceptors (Lipinski definition) is 2. The maximum absolute atomic E-state index is 6.33. The average Bonchev–Trinajstić information content (AvgIpc) is 3.62. The Morgan fingerprint density at radius 3 is 1.70 bits per heavy atom. The standard InChI is InChI=1S/C44H26OS/c1-2-10-32-30(8-1)31-9-3-4-11-33(31)39-26-29(20-21-34(32)39)27-16-18-28(19-17-27)42-24-25-43(46-42)36-22-23-41-44-37(13-7-14-38(36)44)35-12-5-6-15-40(35)45-41/h1-26H. The van der Waals surface area contributed by atoms with Crippen molar-refractivity contribution in [2.45, 2.75) is 0 Å². The highest BCUT2D eigenvalue weighted by molar-refractivity contribution is 7.18. The fraction of sp³-hybridized carbons (Fsp3) is 0. The van der Waals surface area contributed by atoms with Crippen LogP contribution in [0.25, 0.3) is 86.2 Å². The minimum atomic E-state index is 0.919. The first-order valence-electron chi connectivity index (χ1n) is 15.7. The van der Waals surface area contributed by atoms with Gasteiger partial charge in [0, 0.05) is 20.7 Å². The largest absolute Gasteiger partial charge is 0.456 e. The van der Waals surface area contributed by atoms with E-state index in [1.54, 1.807) is 0 Å². The lowest BCUT2D eigenvalue weighted by Gasteiger charge is -2.22. The fourth-order valence-electron chi connectivity index (χ4n) is 7.35. The summed E-state index contributed by atoms with van der Waals surface area (Å²) in [5.74, 6) is 1.85. The van der Waals surface area contributed by atoms with Crippen LogP contribution in [0.15, 0.2) is 158 Å². The monoisotopic (exact) mass is 602 g/mol. The fourth-order valence-corrected chi connectivity index (χ4v) is 8.40. The van der Waals surface area contributed by atoms with Gasteiger partial charge in [0.15, 0.2) is 0 Å². The number of ether oxygens (including phenoxy) is 1. The molecular weight excluding hydrogens is 577 g/mol. The molecule has 10 rings (SSSR count). The van der Waals surface area contributed by atoms with Gasteiger partial charge in [0.05, 0.1) is 0 Å². The second kappa shape index (κ2) is 9.90. The molecule has 8 aromatic carbocycles. The van der Waals surface area contributed by atoms with Gasteiger partial charge in [0.2, 0.25) is 0 Å². The van der Waals surface area contributed by atoms with Gasteiger partial charge in [-0.2, -0.15) is 0 Å². The molecule has 0 amide bonds. The van der Waals surface area contributed by atoms with E-state index in [-0.39, 0.29) is 0 Å². The van der Waals surface area contributed by atoms with Gasteiger partial charge in [-0.05, 0) is 102 Å². The van der Waals surface area contributed by atoms with Crippen LogP contribution >= 0.6 is 11.3 Å². The highest BCUT2D eigenvalue weighted by Crippen LogP contribution is 2.49. The van der Waals surface area contributed by atoms with Crippen LogP contribution in [0.5, 0.6) is 11.5 Å². The highest BCUT2D eigenvalue weighted by Gasteiger charge is 2.21. The van der Waals surface area contributed by atoms with E-state index in [9.17, 15) is 0 Å². The third kappa shape index (κ3) is 3.81. The first-order valence-corrected chi connectivity index (χ1v) is 16.5. The summed E-state index contributed by atoms with van der Waals surface area (Å²) in [7, 11) is 0. The normalized spacial score (nSPS) is 12.1. The molecule has 214 valence electrons. The molecule has 0 saturated carbocycles. The van der Waals surface area contributed by atoms with Crippen LogP contribution in [-0.2, 0) is 0 Å². The molecule has 2 heteroatoms. The summed E-state index contributed by atoms with van der Waals surface area (Å²) in [5, 5.41) is 10.2. The van der Waals surface area contributed by atoms with E-state index in [0.29, 0.717) is 0 Å². The maximum atomic E-state index is 6.33. The van der Waals surface area contributed by atoms with Crippen molar-refractivity contribution in [3.8, 4) is 54.6 Å². The Bertz CT molecular complexity index is 2630. The minimum absolute atomic E-state index is 0.919. The Labute approximate surface area is 270 Å². The quantitative estimate of drug-likeness (QED) is 0.183. The summed E-state index contributed by atoms with van der Waals surface area (Å²) in [6.45, 7) is 0. The number of fused-ring (bicyclic) bond motifs is 8. The van der Waals surface area contributed by atoms with Gasteiger partial charge in [-0.15, -0.1) is 11.3 Å². The molecule has 0 bridgehead atoms. The molecular formula is C44H26OS. The van der Waals surface area contributed by atoms with Crippen LogP contribution in [0.1, 0.15) is 0 Å². The second-order valence-electron chi connectivity index (χ2n) is 12.0. The topological polar surface area (TPSA) is 9.23 Å². The van der Waals surface area contributed by atoms with E-state index in [1.165, 1.54) is 80.7 Å². The average molecular weight is 603 g/mol. The van der Waals surface area contributed by atoms with Crippen molar-refractivity contribution in [2.24, 2.45) is 0 Å². The zero-order chi connectivity index (χ0) is 30.2. The summed E-state index contributed by atoms with van der Waals surface area (Å²) in [6.07, 6.45) is 0. The van der Waals surface area contributed by atoms with Crippen molar-refractivity contribution in [3.05, 3.63) is 158 Å². The SMILES string of the molecule is c1ccc2c(c1)Oc1ccc(-c3ccc(-c4ccc(-c5ccc6c7ccccc7c7ccccc7c6c5)cc4)s3)c3cccc-2c13. The molecule has 0 saturated heterocycles. The van der Waals surface area contributed by atoms with Gasteiger partial charge in [-0.1, -0.05) is 121 Å². The van der Waals surface area contributed by atoms with Gasteiger partial charge >= 0.3 is 0 Å². The molecule has 0 N–H and O–H groups in total. The van der Waals surface area contributed by atoms with Gasteiger partial charge in [-0.25, -0.2) is 0 Å². The molecule has 0 unspecified atom stereocenters. The summed E-state index contributed by atoms with van der Waals surface area (Å²) in [4.78, 5) is 2.52. The Balaban J connectivity index is 1.02. The van der Waals surface area contributed by atoms with Crippen LogP contribution in [0.4, 0.5) is 0 Å². The Kier molecular flexibility index (Phi) is 5.51.